The van der Waals surface area contributed by atoms with Gasteiger partial charge in [0, 0.05) is 0 Å². The maximum atomic E-state index is 13.4. The summed E-state index contributed by atoms with van der Waals surface area (Å²) < 4.78 is 29.1. The first-order chi connectivity index (χ1) is 17.8. The number of nitrogens with one attached hydrogen (secondary N) is 3. The second kappa shape index (κ2) is 20.6. The molecule has 0 aliphatic carbocycles. The van der Waals surface area contributed by atoms with Crippen LogP contribution in [0.15, 0.2) is 0 Å². The van der Waals surface area contributed by atoms with Crippen LogP contribution in [0.3, 0.4) is 0 Å². The first-order valence-electron chi connectivity index (χ1n) is 14.5. The van der Waals surface area contributed by atoms with E-state index in [1.807, 2.05) is 0 Å². The molecule has 0 saturated carbocycles. The Morgan fingerprint density at radius 2 is 0.711 bits per heavy atom. The number of rotatable bonds is 27. The Morgan fingerprint density at radius 1 is 0.474 bits per heavy atom. The fourth-order valence-electron chi connectivity index (χ4n) is 3.69. The van der Waals surface area contributed by atoms with Crippen molar-refractivity contribution in [2.75, 3.05) is 0 Å². The molecule has 0 atom stereocenters. The highest BCUT2D eigenvalue weighted by Crippen LogP contribution is 2.47. The van der Waals surface area contributed by atoms with Crippen LogP contribution in [0.2, 0.25) is 0 Å². The summed E-state index contributed by atoms with van der Waals surface area (Å²) in [6.45, 7) is 6.41. The van der Waals surface area contributed by atoms with Crippen LogP contribution in [-0.4, -0.2) is 17.4 Å². The molecule has 230 valence electrons. The minimum atomic E-state index is -4.47. The van der Waals surface area contributed by atoms with E-state index in [0.717, 1.165) is 96.3 Å². The average Bonchev–Trinajstić information content (AvgIpc) is 2.85. The third-order valence-corrected chi connectivity index (χ3v) is 7.07. The van der Waals surface area contributed by atoms with Crippen LogP contribution < -0.4 is 50.8 Å². The Hall–Kier alpha value is -0.250. The summed E-state index contributed by atoms with van der Waals surface area (Å²) in [5.74, 6) is -4.46. The van der Waals surface area contributed by atoms with Crippen LogP contribution in [0.5, 0.6) is 0 Å². The van der Waals surface area contributed by atoms with Crippen LogP contribution in [-0.2, 0) is 18.4 Å². The Kier molecular flexibility index (Phi) is 20.5. The predicted octanol–water partition coefficient (Wildman–Crippen LogP) is 3.45. The minimum absolute atomic E-state index is 0.364. The third kappa shape index (κ3) is 21.6. The number of nitrogens with two attached hydrogens (primary N) is 6. The second-order valence-electron chi connectivity index (χ2n) is 10.6. The van der Waals surface area contributed by atoms with E-state index < -0.39 is 25.2 Å². The van der Waals surface area contributed by atoms with Crippen LogP contribution in [0.1, 0.15) is 136 Å². The van der Waals surface area contributed by atoms with E-state index in [0.29, 0.717) is 19.3 Å². The Bertz CT molecular complexity index is 547. The van der Waals surface area contributed by atoms with Gasteiger partial charge in [0.05, 0.1) is 0 Å². The highest BCUT2D eigenvalue weighted by Gasteiger charge is 2.37. The number of hydroxylamine groups is 3. The number of hydrogen-bond acceptors (Lipinski definition) is 13. The van der Waals surface area contributed by atoms with Crippen molar-refractivity contribution in [1.29, 1.82) is 0 Å². The summed E-state index contributed by atoms with van der Waals surface area (Å²) >= 11 is 0. The van der Waals surface area contributed by atoms with Crippen LogP contribution in [0.25, 0.3) is 0 Å². The van der Waals surface area contributed by atoms with Gasteiger partial charge in [0.25, 0.3) is 0 Å². The standard InChI is InChI=1S/C24H60N9O4P/c1-4-7-10-13-16-19-22(25,26)31-35-38(34,36-32-23(27,28)20-17-14-11-8-5-2)37-33-24(29,30)21-18-15-12-9-6-3/h31-33H,4-21,25-30H2,1-3H3. The van der Waals surface area contributed by atoms with Gasteiger partial charge in [0.1, 0.15) is 17.4 Å². The zero-order valence-corrected chi connectivity index (χ0v) is 25.2. The van der Waals surface area contributed by atoms with Crippen molar-refractivity contribution in [3.8, 4) is 0 Å². The molecule has 0 aromatic heterocycles. The van der Waals surface area contributed by atoms with E-state index in [1.165, 1.54) is 0 Å². The SMILES string of the molecule is CCCCCCCC(N)(N)NOP(=O)(ONC(N)(N)CCCCCCC)ONC(N)(N)CCCCCCC. The first-order valence-corrected chi connectivity index (χ1v) is 16.0. The molecule has 0 aliphatic rings. The smallest absolute Gasteiger partial charge is 0.299 e. The van der Waals surface area contributed by atoms with Crippen molar-refractivity contribution < 1.29 is 18.4 Å². The van der Waals surface area contributed by atoms with Gasteiger partial charge in [-0.15, -0.1) is 0 Å². The molecule has 0 radical (unpaired) electrons. The topological polar surface area (TPSA) is 237 Å². The molecule has 0 amide bonds. The molecular weight excluding hydrogens is 509 g/mol. The van der Waals surface area contributed by atoms with Crippen molar-refractivity contribution in [2.45, 2.75) is 154 Å². The molecule has 0 aliphatic heterocycles. The zero-order valence-electron chi connectivity index (χ0n) is 24.3. The maximum absolute atomic E-state index is 13.4. The van der Waals surface area contributed by atoms with Gasteiger partial charge >= 0.3 is 7.82 Å². The van der Waals surface area contributed by atoms with Crippen LogP contribution >= 0.6 is 7.82 Å². The summed E-state index contributed by atoms with van der Waals surface area (Å²) in [4.78, 5) is 0. The molecule has 0 unspecified atom stereocenters. The average molecular weight is 570 g/mol. The third-order valence-electron chi connectivity index (χ3n) is 6.12. The number of unbranched alkanes of at least 4 members (excludes halogenated alkanes) is 12. The van der Waals surface area contributed by atoms with Crippen LogP contribution in [0, 0.1) is 0 Å². The molecule has 0 fully saturated rings. The van der Waals surface area contributed by atoms with Gasteiger partial charge in [-0.3, -0.25) is 34.4 Å². The van der Waals surface area contributed by atoms with E-state index in [2.05, 4.69) is 37.2 Å². The van der Waals surface area contributed by atoms with E-state index in [1.54, 1.807) is 0 Å². The Labute approximate surface area is 231 Å². The van der Waals surface area contributed by atoms with Crippen molar-refractivity contribution in [3.63, 3.8) is 0 Å². The number of phosphoric acid groups is 1. The molecule has 0 aromatic rings. The summed E-state index contributed by atoms with van der Waals surface area (Å²) in [5.41, 5.74) is 43.7. The largest absolute Gasteiger partial charge is 0.524 e. The number of hydrogen-bond donors (Lipinski definition) is 9. The van der Waals surface area contributed by atoms with Crippen molar-refractivity contribution in [3.05, 3.63) is 0 Å². The fourth-order valence-corrected chi connectivity index (χ4v) is 4.65. The minimum Gasteiger partial charge on any atom is -0.299 e. The molecule has 15 N–H and O–H groups in total. The Balaban J connectivity index is 5.04. The summed E-state index contributed by atoms with van der Waals surface area (Å²) in [7, 11) is -4.47. The van der Waals surface area contributed by atoms with Gasteiger partial charge in [-0.1, -0.05) is 97.8 Å². The maximum Gasteiger partial charge on any atom is 0.524 e. The van der Waals surface area contributed by atoms with Gasteiger partial charge in [-0.25, -0.2) is 4.57 Å². The zero-order chi connectivity index (χ0) is 29.0. The van der Waals surface area contributed by atoms with E-state index >= 15 is 0 Å². The highest BCUT2D eigenvalue weighted by molar-refractivity contribution is 7.48. The van der Waals surface area contributed by atoms with Crippen molar-refractivity contribution in [1.82, 2.24) is 16.4 Å². The van der Waals surface area contributed by atoms with Crippen molar-refractivity contribution in [2.24, 2.45) is 34.4 Å². The Morgan fingerprint density at radius 3 is 0.947 bits per heavy atom. The van der Waals surface area contributed by atoms with Gasteiger partial charge in [-0.2, -0.15) is 30.3 Å². The highest BCUT2D eigenvalue weighted by atomic mass is 31.2. The fraction of sp³-hybridized carbons (Fsp3) is 1.00. The molecule has 0 saturated heterocycles. The van der Waals surface area contributed by atoms with Gasteiger partial charge in [0.2, 0.25) is 0 Å². The van der Waals surface area contributed by atoms with E-state index in [-0.39, 0.29) is 0 Å². The van der Waals surface area contributed by atoms with Gasteiger partial charge in [-0.05, 0) is 38.5 Å². The lowest BCUT2D eigenvalue weighted by Crippen LogP contribution is -2.63. The molecule has 0 rings (SSSR count). The lowest BCUT2D eigenvalue weighted by molar-refractivity contribution is -0.0478. The predicted molar refractivity (Wildman–Crippen MR) is 154 cm³/mol. The molecule has 0 bridgehead atoms. The quantitative estimate of drug-likeness (QED) is 0.0298. The molecule has 0 aromatic carbocycles. The molecule has 0 spiro atoms. The summed E-state index contributed by atoms with van der Waals surface area (Å²) in [5, 5.41) is 0. The second-order valence-corrected chi connectivity index (χ2v) is 12.1. The van der Waals surface area contributed by atoms with E-state index in [4.69, 9.17) is 48.3 Å². The summed E-state index contributed by atoms with van der Waals surface area (Å²) in [6, 6.07) is 0. The van der Waals surface area contributed by atoms with Crippen LogP contribution in [0.4, 0.5) is 0 Å². The molecular formula is C24H60N9O4P. The van der Waals surface area contributed by atoms with Crippen molar-refractivity contribution >= 4 is 7.82 Å². The lowest BCUT2D eigenvalue weighted by Gasteiger charge is -2.32. The molecule has 14 heteroatoms. The molecule has 0 heterocycles. The molecule has 38 heavy (non-hydrogen) atoms. The molecule has 13 nitrogen and oxygen atoms in total. The van der Waals surface area contributed by atoms with Gasteiger partial charge in [0.15, 0.2) is 0 Å². The monoisotopic (exact) mass is 569 g/mol. The first kappa shape index (κ1) is 37.8. The lowest BCUT2D eigenvalue weighted by atomic mass is 10.1. The summed E-state index contributed by atoms with van der Waals surface area (Å²) in [6.07, 6.45) is 16.3. The normalized spacial score (nSPS) is 13.4. The van der Waals surface area contributed by atoms with Gasteiger partial charge < -0.3 is 0 Å². The van der Waals surface area contributed by atoms with E-state index in [9.17, 15) is 4.57 Å².